The molecule has 1 aromatic heterocycles. The second kappa shape index (κ2) is 6.06. The molecule has 0 saturated heterocycles. The lowest BCUT2D eigenvalue weighted by molar-refractivity contribution is 0.575. The van der Waals surface area contributed by atoms with E-state index in [-0.39, 0.29) is 0 Å². The van der Waals surface area contributed by atoms with Gasteiger partial charge in [-0.25, -0.2) is 0 Å². The molecule has 2 nitrogen and oxygen atoms in total. The zero-order valence-electron chi connectivity index (χ0n) is 12.5. The summed E-state index contributed by atoms with van der Waals surface area (Å²) in [6.07, 6.45) is 1.83. The minimum absolute atomic E-state index is 0.343. The highest BCUT2D eigenvalue weighted by atomic mass is 14.9. The van der Waals surface area contributed by atoms with Crippen LogP contribution in [0.4, 0.5) is 0 Å². The van der Waals surface area contributed by atoms with Crippen molar-refractivity contribution in [2.75, 3.05) is 0 Å². The number of hydrogen-bond acceptors (Lipinski definition) is 2. The molecule has 1 N–H and O–H groups in total. The second-order valence-corrected chi connectivity index (χ2v) is 5.54. The first-order chi connectivity index (χ1) is 10.2. The van der Waals surface area contributed by atoms with E-state index in [9.17, 15) is 0 Å². The number of aryl methyl sites for hydroxylation is 1. The predicted molar refractivity (Wildman–Crippen MR) is 88.2 cm³/mol. The summed E-state index contributed by atoms with van der Waals surface area (Å²) in [5.41, 5.74) is 4.96. The number of rotatable bonds is 4. The van der Waals surface area contributed by atoms with E-state index >= 15 is 0 Å². The Balaban J connectivity index is 1.69. The van der Waals surface area contributed by atoms with E-state index in [1.165, 1.54) is 22.1 Å². The standard InChI is InChI=1S/C19H20N2/c1-14-5-8-17(9-6-14)15(2)21-13-16-7-10-19-18(12-16)4-3-11-20-19/h3-12,15,21H,13H2,1-2H3. The average molecular weight is 276 g/mol. The summed E-state index contributed by atoms with van der Waals surface area (Å²) < 4.78 is 0. The maximum Gasteiger partial charge on any atom is 0.0702 e. The van der Waals surface area contributed by atoms with Gasteiger partial charge in [0.15, 0.2) is 0 Å². The lowest BCUT2D eigenvalue weighted by atomic mass is 10.1. The number of benzene rings is 2. The summed E-state index contributed by atoms with van der Waals surface area (Å²) in [6, 6.07) is 19.6. The van der Waals surface area contributed by atoms with Gasteiger partial charge < -0.3 is 5.32 Å². The van der Waals surface area contributed by atoms with Crippen LogP contribution in [-0.2, 0) is 6.54 Å². The smallest absolute Gasteiger partial charge is 0.0702 e. The molecule has 0 saturated carbocycles. The van der Waals surface area contributed by atoms with Gasteiger partial charge in [-0.1, -0.05) is 42.0 Å². The van der Waals surface area contributed by atoms with Crippen LogP contribution in [0.3, 0.4) is 0 Å². The molecule has 106 valence electrons. The topological polar surface area (TPSA) is 24.9 Å². The van der Waals surface area contributed by atoms with Crippen molar-refractivity contribution in [3.63, 3.8) is 0 Å². The Hall–Kier alpha value is -2.19. The zero-order valence-corrected chi connectivity index (χ0v) is 12.5. The van der Waals surface area contributed by atoms with E-state index in [2.05, 4.69) is 72.7 Å². The molecular weight excluding hydrogens is 256 g/mol. The van der Waals surface area contributed by atoms with Crippen molar-refractivity contribution in [1.29, 1.82) is 0 Å². The molecule has 2 heteroatoms. The lowest BCUT2D eigenvalue weighted by Crippen LogP contribution is -2.18. The van der Waals surface area contributed by atoms with Crippen LogP contribution in [-0.4, -0.2) is 4.98 Å². The summed E-state index contributed by atoms with van der Waals surface area (Å²) in [7, 11) is 0. The molecule has 1 unspecified atom stereocenters. The van der Waals surface area contributed by atoms with Crippen molar-refractivity contribution in [1.82, 2.24) is 10.3 Å². The predicted octanol–water partition coefficient (Wildman–Crippen LogP) is 4.39. The first-order valence-electron chi connectivity index (χ1n) is 7.36. The van der Waals surface area contributed by atoms with Crippen molar-refractivity contribution >= 4 is 10.9 Å². The number of nitrogens with one attached hydrogen (secondary N) is 1. The molecule has 21 heavy (non-hydrogen) atoms. The van der Waals surface area contributed by atoms with Crippen LogP contribution in [0, 0.1) is 6.92 Å². The fraction of sp³-hybridized carbons (Fsp3) is 0.211. The number of hydrogen-bond donors (Lipinski definition) is 1. The van der Waals surface area contributed by atoms with Crippen LogP contribution in [0.2, 0.25) is 0 Å². The number of aromatic nitrogens is 1. The van der Waals surface area contributed by atoms with E-state index in [0.717, 1.165) is 12.1 Å². The first-order valence-corrected chi connectivity index (χ1v) is 7.36. The largest absolute Gasteiger partial charge is 0.306 e. The fourth-order valence-corrected chi connectivity index (χ4v) is 2.48. The minimum atomic E-state index is 0.343. The molecule has 3 rings (SSSR count). The monoisotopic (exact) mass is 276 g/mol. The van der Waals surface area contributed by atoms with Crippen LogP contribution in [0.5, 0.6) is 0 Å². The number of pyridine rings is 1. The van der Waals surface area contributed by atoms with E-state index in [4.69, 9.17) is 0 Å². The maximum atomic E-state index is 4.35. The van der Waals surface area contributed by atoms with Gasteiger partial charge in [0.25, 0.3) is 0 Å². The van der Waals surface area contributed by atoms with Gasteiger partial charge in [-0.05, 0) is 43.2 Å². The Morgan fingerprint density at radius 2 is 1.86 bits per heavy atom. The zero-order chi connectivity index (χ0) is 14.7. The summed E-state index contributed by atoms with van der Waals surface area (Å²) in [6.45, 7) is 5.18. The number of nitrogens with zero attached hydrogens (tertiary/aromatic N) is 1. The molecule has 0 amide bonds. The summed E-state index contributed by atoms with van der Waals surface area (Å²) in [4.78, 5) is 4.35. The molecule has 0 radical (unpaired) electrons. The molecule has 0 aliphatic heterocycles. The fourth-order valence-electron chi connectivity index (χ4n) is 2.48. The highest BCUT2D eigenvalue weighted by molar-refractivity contribution is 5.78. The van der Waals surface area contributed by atoms with Gasteiger partial charge in [-0.3, -0.25) is 4.98 Å². The van der Waals surface area contributed by atoms with Crippen molar-refractivity contribution in [2.24, 2.45) is 0 Å². The Bertz CT molecular complexity index is 732. The average Bonchev–Trinajstić information content (AvgIpc) is 2.53. The van der Waals surface area contributed by atoms with Crippen molar-refractivity contribution in [3.8, 4) is 0 Å². The molecule has 2 aromatic carbocycles. The highest BCUT2D eigenvalue weighted by Gasteiger charge is 2.05. The van der Waals surface area contributed by atoms with E-state index < -0.39 is 0 Å². The summed E-state index contributed by atoms with van der Waals surface area (Å²) in [5, 5.41) is 4.77. The summed E-state index contributed by atoms with van der Waals surface area (Å²) in [5.74, 6) is 0. The van der Waals surface area contributed by atoms with Gasteiger partial charge in [-0.15, -0.1) is 0 Å². The molecule has 0 aliphatic rings. The van der Waals surface area contributed by atoms with Crippen molar-refractivity contribution in [2.45, 2.75) is 26.4 Å². The first kappa shape index (κ1) is 13.8. The van der Waals surface area contributed by atoms with Crippen molar-refractivity contribution < 1.29 is 0 Å². The Morgan fingerprint density at radius 3 is 2.67 bits per heavy atom. The molecule has 0 aliphatic carbocycles. The lowest BCUT2D eigenvalue weighted by Gasteiger charge is -2.15. The van der Waals surface area contributed by atoms with E-state index in [0.29, 0.717) is 6.04 Å². The quantitative estimate of drug-likeness (QED) is 0.764. The molecule has 0 spiro atoms. The van der Waals surface area contributed by atoms with Gasteiger partial charge in [0, 0.05) is 24.2 Å². The highest BCUT2D eigenvalue weighted by Crippen LogP contribution is 2.16. The third-order valence-electron chi connectivity index (χ3n) is 3.86. The summed E-state index contributed by atoms with van der Waals surface area (Å²) >= 11 is 0. The molecule has 1 heterocycles. The SMILES string of the molecule is Cc1ccc(C(C)NCc2ccc3ncccc3c2)cc1. The minimum Gasteiger partial charge on any atom is -0.306 e. The Labute approximate surface area is 125 Å². The van der Waals surface area contributed by atoms with Crippen LogP contribution in [0.1, 0.15) is 29.7 Å². The molecule has 0 fully saturated rings. The Kier molecular flexibility index (Phi) is 3.98. The molecule has 0 bridgehead atoms. The third-order valence-corrected chi connectivity index (χ3v) is 3.86. The Morgan fingerprint density at radius 1 is 1.05 bits per heavy atom. The van der Waals surface area contributed by atoms with Crippen molar-refractivity contribution in [3.05, 3.63) is 77.5 Å². The van der Waals surface area contributed by atoms with Crippen LogP contribution >= 0.6 is 0 Å². The van der Waals surface area contributed by atoms with Crippen LogP contribution < -0.4 is 5.32 Å². The molecule has 1 atom stereocenters. The second-order valence-electron chi connectivity index (χ2n) is 5.54. The van der Waals surface area contributed by atoms with Gasteiger partial charge in [-0.2, -0.15) is 0 Å². The van der Waals surface area contributed by atoms with E-state index in [1.54, 1.807) is 0 Å². The van der Waals surface area contributed by atoms with Gasteiger partial charge >= 0.3 is 0 Å². The van der Waals surface area contributed by atoms with Gasteiger partial charge in [0.05, 0.1) is 5.52 Å². The molecule has 3 aromatic rings. The van der Waals surface area contributed by atoms with Gasteiger partial charge in [0.2, 0.25) is 0 Å². The van der Waals surface area contributed by atoms with Crippen LogP contribution in [0.25, 0.3) is 10.9 Å². The third kappa shape index (κ3) is 3.29. The normalized spacial score (nSPS) is 12.5. The van der Waals surface area contributed by atoms with E-state index in [1.807, 2.05) is 12.3 Å². The van der Waals surface area contributed by atoms with Crippen LogP contribution in [0.15, 0.2) is 60.8 Å². The van der Waals surface area contributed by atoms with Gasteiger partial charge in [0.1, 0.15) is 0 Å². The number of fused-ring (bicyclic) bond motifs is 1. The maximum absolute atomic E-state index is 4.35. The molecular formula is C19H20N2.